The maximum atomic E-state index is 10.0. The normalized spacial score (nSPS) is 23.6. The second kappa shape index (κ2) is 8.09. The number of aliphatic hydroxyl groups excluding tert-OH is 2. The van der Waals surface area contributed by atoms with Gasteiger partial charge in [0.1, 0.15) is 28.9 Å². The molecule has 0 bridgehead atoms. The van der Waals surface area contributed by atoms with E-state index < -0.39 is 6.23 Å². The zero-order valence-electron chi connectivity index (χ0n) is 20.2. The number of nitrogens with zero attached hydrogens (tertiary/aromatic N) is 4. The summed E-state index contributed by atoms with van der Waals surface area (Å²) in [6.45, 7) is 1.28. The molecule has 184 valence electrons. The van der Waals surface area contributed by atoms with Crippen LogP contribution >= 0.6 is 0 Å². The monoisotopic (exact) mass is 483 g/mol. The Bertz CT molecular complexity index is 1470. The van der Waals surface area contributed by atoms with Crippen molar-refractivity contribution < 1.29 is 14.9 Å². The molecule has 36 heavy (non-hydrogen) atoms. The number of aryl methyl sites for hydroxylation is 1. The second-order valence-electron chi connectivity index (χ2n) is 10.4. The Morgan fingerprint density at radius 1 is 1.22 bits per heavy atom. The standard InChI is InChI=1S/C28H29N5O3/c1-36-22-10-21-27(30-26(22)20-7-3-5-16-4-2-6-19(16)20)25(32-31-21)17-8-9-23(29-12-17)28-11-18(28)13-33(15-28)24(35)14-34/h3,5,7-10,12,18,24,34-35H,2,4,6,11,13-15H2,1H3,(H,31,32). The van der Waals surface area contributed by atoms with Crippen LogP contribution in [0.5, 0.6) is 5.75 Å². The molecule has 3 aromatic heterocycles. The number of fused-ring (bicyclic) bond motifs is 3. The predicted molar refractivity (Wildman–Crippen MR) is 136 cm³/mol. The van der Waals surface area contributed by atoms with Crippen LogP contribution in [0.2, 0.25) is 0 Å². The number of piperidine rings is 1. The van der Waals surface area contributed by atoms with Crippen molar-refractivity contribution in [2.24, 2.45) is 5.92 Å². The summed E-state index contributed by atoms with van der Waals surface area (Å²) in [7, 11) is 1.68. The van der Waals surface area contributed by atoms with Crippen LogP contribution in [0.15, 0.2) is 42.6 Å². The number of pyridine rings is 2. The van der Waals surface area contributed by atoms with Crippen molar-refractivity contribution in [1.29, 1.82) is 0 Å². The van der Waals surface area contributed by atoms with Crippen molar-refractivity contribution in [2.75, 3.05) is 26.8 Å². The van der Waals surface area contributed by atoms with Gasteiger partial charge in [-0.05, 0) is 54.9 Å². The Hall–Kier alpha value is -3.33. The molecule has 8 heteroatoms. The molecular formula is C28H29N5O3. The summed E-state index contributed by atoms with van der Waals surface area (Å²) in [5, 5.41) is 27.1. The van der Waals surface area contributed by atoms with Crippen molar-refractivity contribution >= 4 is 11.0 Å². The summed E-state index contributed by atoms with van der Waals surface area (Å²) >= 11 is 0. The highest BCUT2D eigenvalue weighted by atomic mass is 16.5. The van der Waals surface area contributed by atoms with Crippen LogP contribution < -0.4 is 4.74 Å². The Kier molecular flexibility index (Phi) is 4.93. The van der Waals surface area contributed by atoms with E-state index >= 15 is 0 Å². The topological polar surface area (TPSA) is 107 Å². The Morgan fingerprint density at radius 2 is 2.14 bits per heavy atom. The fourth-order valence-corrected chi connectivity index (χ4v) is 6.41. The maximum Gasteiger partial charge on any atom is 0.147 e. The molecule has 2 aliphatic carbocycles. The van der Waals surface area contributed by atoms with E-state index in [1.54, 1.807) is 7.11 Å². The Morgan fingerprint density at radius 3 is 2.94 bits per heavy atom. The molecule has 3 N–H and O–H groups in total. The first-order chi connectivity index (χ1) is 17.6. The van der Waals surface area contributed by atoms with Gasteiger partial charge in [0, 0.05) is 47.6 Å². The van der Waals surface area contributed by atoms with Gasteiger partial charge in [0.2, 0.25) is 0 Å². The van der Waals surface area contributed by atoms with E-state index in [-0.39, 0.29) is 12.0 Å². The first kappa shape index (κ1) is 21.9. The van der Waals surface area contributed by atoms with Gasteiger partial charge >= 0.3 is 0 Å². The van der Waals surface area contributed by atoms with Gasteiger partial charge in [-0.15, -0.1) is 0 Å². The number of H-pyrrole nitrogens is 1. The molecule has 4 heterocycles. The summed E-state index contributed by atoms with van der Waals surface area (Å²) < 4.78 is 5.74. The molecule has 3 atom stereocenters. The van der Waals surface area contributed by atoms with Crippen LogP contribution in [0.3, 0.4) is 0 Å². The lowest BCUT2D eigenvalue weighted by Crippen LogP contribution is -2.38. The van der Waals surface area contributed by atoms with Crippen molar-refractivity contribution in [1.82, 2.24) is 25.1 Å². The number of aliphatic hydroxyl groups is 2. The second-order valence-corrected chi connectivity index (χ2v) is 10.4. The van der Waals surface area contributed by atoms with E-state index in [1.165, 1.54) is 17.5 Å². The third-order valence-corrected chi connectivity index (χ3v) is 8.42. The fraction of sp³-hybridized carbons (Fsp3) is 0.393. The molecule has 1 saturated heterocycles. The molecule has 3 aliphatic rings. The molecule has 2 fully saturated rings. The molecule has 0 spiro atoms. The van der Waals surface area contributed by atoms with E-state index in [1.807, 2.05) is 17.2 Å². The third kappa shape index (κ3) is 3.21. The van der Waals surface area contributed by atoms with Gasteiger partial charge in [-0.25, -0.2) is 4.98 Å². The third-order valence-electron chi connectivity index (χ3n) is 8.42. The minimum Gasteiger partial charge on any atom is -0.494 e. The number of hydrogen-bond acceptors (Lipinski definition) is 7. The average molecular weight is 484 g/mol. The van der Waals surface area contributed by atoms with Crippen LogP contribution in [0.25, 0.3) is 33.5 Å². The molecule has 7 rings (SSSR count). The first-order valence-corrected chi connectivity index (χ1v) is 12.7. The molecule has 0 radical (unpaired) electrons. The summed E-state index contributed by atoms with van der Waals surface area (Å²) in [6.07, 6.45) is 5.50. The number of hydrogen-bond donors (Lipinski definition) is 3. The van der Waals surface area contributed by atoms with Crippen LogP contribution in [-0.4, -0.2) is 68.3 Å². The highest BCUT2D eigenvalue weighted by Crippen LogP contribution is 2.58. The van der Waals surface area contributed by atoms with Gasteiger partial charge in [-0.3, -0.25) is 15.0 Å². The molecule has 1 saturated carbocycles. The number of aromatic amines is 1. The highest BCUT2D eigenvalue weighted by Gasteiger charge is 2.62. The van der Waals surface area contributed by atoms with Gasteiger partial charge in [-0.2, -0.15) is 5.10 Å². The maximum absolute atomic E-state index is 10.0. The molecule has 1 aliphatic heterocycles. The lowest BCUT2D eigenvalue weighted by molar-refractivity contribution is -0.0288. The smallest absolute Gasteiger partial charge is 0.147 e. The summed E-state index contributed by atoms with van der Waals surface area (Å²) in [4.78, 5) is 11.9. The molecule has 0 amide bonds. The number of ether oxygens (including phenoxy) is 1. The summed E-state index contributed by atoms with van der Waals surface area (Å²) in [5.41, 5.74) is 9.09. The van der Waals surface area contributed by atoms with Crippen LogP contribution in [0.4, 0.5) is 0 Å². The number of aromatic nitrogens is 4. The van der Waals surface area contributed by atoms with Gasteiger partial charge in [0.15, 0.2) is 0 Å². The lowest BCUT2D eigenvalue weighted by Gasteiger charge is -2.24. The first-order valence-electron chi connectivity index (χ1n) is 12.7. The average Bonchev–Trinajstić information content (AvgIpc) is 3.31. The quantitative estimate of drug-likeness (QED) is 0.387. The van der Waals surface area contributed by atoms with Gasteiger partial charge in [0.25, 0.3) is 0 Å². The van der Waals surface area contributed by atoms with E-state index in [0.29, 0.717) is 5.92 Å². The van der Waals surface area contributed by atoms with Gasteiger partial charge in [-0.1, -0.05) is 18.2 Å². The summed E-state index contributed by atoms with van der Waals surface area (Å²) in [6, 6.07) is 12.6. The minimum absolute atomic E-state index is 0.0191. The number of nitrogens with one attached hydrogen (secondary N) is 1. The lowest BCUT2D eigenvalue weighted by atomic mass is 9.99. The van der Waals surface area contributed by atoms with Crippen molar-refractivity contribution in [3.8, 4) is 28.3 Å². The van der Waals surface area contributed by atoms with E-state index in [0.717, 1.165) is 77.3 Å². The van der Waals surface area contributed by atoms with Crippen molar-refractivity contribution in [3.63, 3.8) is 0 Å². The zero-order valence-corrected chi connectivity index (χ0v) is 20.2. The van der Waals surface area contributed by atoms with Crippen LogP contribution in [0.1, 0.15) is 29.7 Å². The van der Waals surface area contributed by atoms with Gasteiger partial charge in [0.05, 0.1) is 19.2 Å². The van der Waals surface area contributed by atoms with Crippen LogP contribution in [-0.2, 0) is 18.3 Å². The molecule has 1 aromatic carbocycles. The van der Waals surface area contributed by atoms with Crippen LogP contribution in [0, 0.1) is 5.92 Å². The van der Waals surface area contributed by atoms with E-state index in [9.17, 15) is 10.2 Å². The Balaban J connectivity index is 1.25. The SMILES string of the molecule is COc1cc2[nH]nc(-c3ccc(C45CC4CN(C(O)CO)C5)nc3)c2nc1-c1cccc2c1CCC2. The number of rotatable bonds is 6. The number of methoxy groups -OCH3 is 1. The summed E-state index contributed by atoms with van der Waals surface area (Å²) in [5.74, 6) is 1.22. The molecule has 8 nitrogen and oxygen atoms in total. The molecule has 4 aromatic rings. The molecule has 3 unspecified atom stereocenters. The van der Waals surface area contributed by atoms with E-state index in [4.69, 9.17) is 14.7 Å². The zero-order chi connectivity index (χ0) is 24.4. The van der Waals surface area contributed by atoms with Gasteiger partial charge < -0.3 is 14.9 Å². The van der Waals surface area contributed by atoms with Crippen molar-refractivity contribution in [3.05, 3.63) is 59.4 Å². The number of benzene rings is 1. The fourth-order valence-electron chi connectivity index (χ4n) is 6.41. The predicted octanol–water partition coefficient (Wildman–Crippen LogP) is 3.07. The largest absolute Gasteiger partial charge is 0.494 e. The molecular weight excluding hydrogens is 454 g/mol. The Labute approximate surface area is 209 Å². The van der Waals surface area contributed by atoms with Crippen molar-refractivity contribution in [2.45, 2.75) is 37.3 Å². The number of likely N-dealkylation sites (tertiary alicyclic amines) is 1. The highest BCUT2D eigenvalue weighted by molar-refractivity contribution is 5.93. The minimum atomic E-state index is -0.799. The van der Waals surface area contributed by atoms with E-state index in [2.05, 4.69) is 40.5 Å².